The molecule has 0 saturated carbocycles. The Morgan fingerprint density at radius 3 is 2.57 bits per heavy atom. The van der Waals surface area contributed by atoms with Gasteiger partial charge < -0.3 is 9.80 Å². The summed E-state index contributed by atoms with van der Waals surface area (Å²) in [4.78, 5) is 16.6. The van der Waals surface area contributed by atoms with Crippen LogP contribution in [0.25, 0.3) is 0 Å². The second-order valence-electron chi connectivity index (χ2n) is 6.62. The van der Waals surface area contributed by atoms with Gasteiger partial charge in [-0.3, -0.25) is 0 Å². The van der Waals surface area contributed by atoms with Crippen LogP contribution in [-0.4, -0.2) is 68.3 Å². The number of hydrogen-bond donors (Lipinski definition) is 0. The van der Waals surface area contributed by atoms with E-state index in [2.05, 4.69) is 0 Å². The molecule has 6 nitrogen and oxygen atoms in total. The first-order valence-corrected chi connectivity index (χ1v) is 10.1. The Morgan fingerprint density at radius 2 is 1.96 bits per heavy atom. The SMILES string of the molecule is Cc1ccc(S(=O)(=O)N2C[C@H]3CC[C@@H]2CN(C(=O)N(C)C)C3)s1. The van der Waals surface area contributed by atoms with Crippen molar-refractivity contribution in [1.29, 1.82) is 0 Å². The Hall–Kier alpha value is -1.12. The molecular formula is C15H23N3O3S2. The van der Waals surface area contributed by atoms with Crippen LogP contribution in [0.3, 0.4) is 0 Å². The van der Waals surface area contributed by atoms with E-state index in [1.807, 2.05) is 13.0 Å². The van der Waals surface area contributed by atoms with Gasteiger partial charge in [0.15, 0.2) is 0 Å². The third-order valence-corrected chi connectivity index (χ3v) is 7.98. The number of urea groups is 1. The van der Waals surface area contributed by atoms with E-state index in [-0.39, 0.29) is 18.0 Å². The first kappa shape index (κ1) is 16.7. The number of carbonyl (C=O) groups excluding carboxylic acids is 1. The van der Waals surface area contributed by atoms with E-state index in [4.69, 9.17) is 0 Å². The largest absolute Gasteiger partial charge is 0.331 e. The molecule has 0 aromatic carbocycles. The second kappa shape index (κ2) is 6.07. The molecule has 0 spiro atoms. The molecule has 0 unspecified atom stereocenters. The highest BCUT2D eigenvalue weighted by Gasteiger charge is 2.42. The number of amides is 2. The molecule has 3 saturated heterocycles. The van der Waals surface area contributed by atoms with Gasteiger partial charge in [0.25, 0.3) is 10.0 Å². The van der Waals surface area contributed by atoms with Crippen molar-refractivity contribution >= 4 is 27.4 Å². The minimum Gasteiger partial charge on any atom is -0.331 e. The van der Waals surface area contributed by atoms with Crippen molar-refractivity contribution in [2.45, 2.75) is 30.0 Å². The molecule has 2 amide bonds. The van der Waals surface area contributed by atoms with E-state index in [9.17, 15) is 13.2 Å². The quantitative estimate of drug-likeness (QED) is 0.811. The minimum atomic E-state index is -3.46. The number of sulfonamides is 1. The van der Waals surface area contributed by atoms with Crippen LogP contribution >= 0.6 is 11.3 Å². The van der Waals surface area contributed by atoms with Crippen molar-refractivity contribution in [2.75, 3.05) is 33.7 Å². The van der Waals surface area contributed by atoms with Crippen LogP contribution in [0.1, 0.15) is 17.7 Å². The average molecular weight is 358 g/mol. The predicted molar refractivity (Wildman–Crippen MR) is 90.1 cm³/mol. The standard InChI is InChI=1S/C15H23N3O3S2/c1-11-4-7-14(22-11)23(20,21)18-9-12-5-6-13(18)10-17(8-12)15(19)16(2)3/h4,7,12-13H,5-6,8-10H2,1-3H3/t12-,13+/m0/s1. The normalized spacial score (nSPS) is 25.4. The van der Waals surface area contributed by atoms with Gasteiger partial charge in [0, 0.05) is 44.6 Å². The molecule has 0 N–H and O–H groups in total. The van der Waals surface area contributed by atoms with Gasteiger partial charge in [0.1, 0.15) is 4.21 Å². The van der Waals surface area contributed by atoms with Crippen LogP contribution in [0.4, 0.5) is 4.79 Å². The maximum Gasteiger partial charge on any atom is 0.319 e. The zero-order valence-corrected chi connectivity index (χ0v) is 15.4. The van der Waals surface area contributed by atoms with Gasteiger partial charge in [0.05, 0.1) is 0 Å². The van der Waals surface area contributed by atoms with Crippen molar-refractivity contribution in [3.05, 3.63) is 17.0 Å². The monoisotopic (exact) mass is 357 g/mol. The lowest BCUT2D eigenvalue weighted by atomic mass is 9.97. The summed E-state index contributed by atoms with van der Waals surface area (Å²) in [6.45, 7) is 3.55. The van der Waals surface area contributed by atoms with Crippen molar-refractivity contribution in [1.82, 2.24) is 14.1 Å². The number of aryl methyl sites for hydroxylation is 1. The number of hydrogen-bond acceptors (Lipinski definition) is 4. The van der Waals surface area contributed by atoms with E-state index < -0.39 is 10.0 Å². The number of carbonyl (C=O) groups is 1. The van der Waals surface area contributed by atoms with E-state index in [0.717, 1.165) is 17.7 Å². The lowest BCUT2D eigenvalue weighted by Gasteiger charge is -2.34. The fourth-order valence-corrected chi connectivity index (χ4v) is 6.57. The summed E-state index contributed by atoms with van der Waals surface area (Å²) < 4.78 is 28.0. The number of fused-ring (bicyclic) bond motifs is 4. The Kier molecular flexibility index (Phi) is 4.41. The predicted octanol–water partition coefficient (Wildman–Crippen LogP) is 1.82. The van der Waals surface area contributed by atoms with Gasteiger partial charge in [-0.2, -0.15) is 4.31 Å². The molecule has 0 radical (unpaired) electrons. The first-order valence-electron chi connectivity index (χ1n) is 7.83. The highest BCUT2D eigenvalue weighted by molar-refractivity contribution is 7.91. The van der Waals surface area contributed by atoms with E-state index >= 15 is 0 Å². The number of piperidine rings is 1. The van der Waals surface area contributed by atoms with Gasteiger partial charge in [-0.05, 0) is 37.8 Å². The van der Waals surface area contributed by atoms with Gasteiger partial charge >= 0.3 is 6.03 Å². The lowest BCUT2D eigenvalue weighted by Crippen LogP contribution is -2.48. The molecule has 4 rings (SSSR count). The summed E-state index contributed by atoms with van der Waals surface area (Å²) >= 11 is 1.32. The zero-order valence-electron chi connectivity index (χ0n) is 13.7. The molecule has 2 bridgehead atoms. The van der Waals surface area contributed by atoms with Gasteiger partial charge in [-0.1, -0.05) is 0 Å². The summed E-state index contributed by atoms with van der Waals surface area (Å²) in [6.07, 6.45) is 1.81. The second-order valence-corrected chi connectivity index (χ2v) is 10.0. The highest BCUT2D eigenvalue weighted by Crippen LogP contribution is 2.34. The Bertz CT molecular complexity index is 699. The molecule has 3 aliphatic rings. The summed E-state index contributed by atoms with van der Waals surface area (Å²) in [5.41, 5.74) is 0. The molecule has 1 aromatic heterocycles. The molecule has 1 aromatic rings. The van der Waals surface area contributed by atoms with Crippen LogP contribution in [0.15, 0.2) is 16.3 Å². The van der Waals surface area contributed by atoms with Crippen molar-refractivity contribution < 1.29 is 13.2 Å². The van der Waals surface area contributed by atoms with Crippen LogP contribution in [-0.2, 0) is 10.0 Å². The maximum atomic E-state index is 13.0. The first-order chi connectivity index (χ1) is 10.8. The lowest BCUT2D eigenvalue weighted by molar-refractivity contribution is 0.167. The Labute approximate surface area is 141 Å². The molecule has 8 heteroatoms. The molecule has 0 aliphatic carbocycles. The van der Waals surface area contributed by atoms with Gasteiger partial charge in [-0.25, -0.2) is 13.2 Å². The van der Waals surface area contributed by atoms with E-state index in [1.165, 1.54) is 11.3 Å². The molecule has 3 aliphatic heterocycles. The number of nitrogens with zero attached hydrogens (tertiary/aromatic N) is 3. The van der Waals surface area contributed by atoms with Crippen molar-refractivity contribution in [3.8, 4) is 0 Å². The van der Waals surface area contributed by atoms with Crippen LogP contribution < -0.4 is 0 Å². The number of thiophene rings is 1. The van der Waals surface area contributed by atoms with Crippen LogP contribution in [0.5, 0.6) is 0 Å². The molecule has 23 heavy (non-hydrogen) atoms. The van der Waals surface area contributed by atoms with Gasteiger partial charge in [-0.15, -0.1) is 11.3 Å². The molecule has 3 fully saturated rings. The maximum absolute atomic E-state index is 13.0. The molecule has 2 atom stereocenters. The summed E-state index contributed by atoms with van der Waals surface area (Å²) in [5.74, 6) is 0.216. The van der Waals surface area contributed by atoms with E-state index in [1.54, 1.807) is 34.3 Å². The topological polar surface area (TPSA) is 60.9 Å². The third kappa shape index (κ3) is 3.12. The smallest absolute Gasteiger partial charge is 0.319 e. The number of rotatable bonds is 2. The van der Waals surface area contributed by atoms with Gasteiger partial charge in [0.2, 0.25) is 0 Å². The highest BCUT2D eigenvalue weighted by atomic mass is 32.2. The van der Waals surface area contributed by atoms with Crippen LogP contribution in [0.2, 0.25) is 0 Å². The third-order valence-electron chi connectivity index (χ3n) is 4.60. The van der Waals surface area contributed by atoms with Crippen molar-refractivity contribution in [3.63, 3.8) is 0 Å². The summed E-state index contributed by atoms with van der Waals surface area (Å²) in [6, 6.07) is 3.38. The Morgan fingerprint density at radius 1 is 1.22 bits per heavy atom. The molecule has 4 heterocycles. The molecule has 128 valence electrons. The van der Waals surface area contributed by atoms with Crippen molar-refractivity contribution in [2.24, 2.45) is 5.92 Å². The zero-order chi connectivity index (χ0) is 16.8. The summed E-state index contributed by atoms with van der Waals surface area (Å²) in [7, 11) is 0.00390. The van der Waals surface area contributed by atoms with Crippen LogP contribution in [0, 0.1) is 12.8 Å². The Balaban J connectivity index is 1.87. The minimum absolute atomic E-state index is 0.0342. The summed E-state index contributed by atoms with van der Waals surface area (Å²) in [5, 5.41) is 0. The molecular weight excluding hydrogens is 334 g/mol. The fraction of sp³-hybridized carbons (Fsp3) is 0.667. The fourth-order valence-electron chi connectivity index (χ4n) is 3.44. The van der Waals surface area contributed by atoms with E-state index in [0.29, 0.717) is 23.8 Å². The average Bonchev–Trinajstić information content (AvgIpc) is 2.75.